The third-order valence-corrected chi connectivity index (χ3v) is 8.01. The van der Waals surface area contributed by atoms with Gasteiger partial charge in [-0.15, -0.1) is 0 Å². The molecular weight excluding hydrogens is 576 g/mol. The van der Waals surface area contributed by atoms with Crippen LogP contribution in [0.15, 0.2) is 102 Å². The van der Waals surface area contributed by atoms with Gasteiger partial charge >= 0.3 is 0 Å². The summed E-state index contributed by atoms with van der Waals surface area (Å²) in [5.41, 5.74) is 2.82. The van der Waals surface area contributed by atoms with Crippen LogP contribution in [0.25, 0.3) is 0 Å². The van der Waals surface area contributed by atoms with Crippen LogP contribution in [0.1, 0.15) is 23.6 Å². The number of carbonyl (C=O) groups is 2. The molecule has 0 radical (unpaired) electrons. The second kappa shape index (κ2) is 13.9. The fourth-order valence-corrected chi connectivity index (χ4v) is 5.15. The van der Waals surface area contributed by atoms with Crippen LogP contribution in [-0.2, 0) is 32.7 Å². The molecule has 4 rings (SSSR count). The van der Waals surface area contributed by atoms with Gasteiger partial charge in [0.2, 0.25) is 5.91 Å². The number of nitrogens with zero attached hydrogens (tertiary/aromatic N) is 1. The summed E-state index contributed by atoms with van der Waals surface area (Å²) in [6.45, 7) is 3.45. The first kappa shape index (κ1) is 31.2. The standard InChI is InChI=1S/C32H31F2N3O5S/c1-22-3-5-24(6-4-22)19-35-32(39)23(2)37(20-25-7-9-26(33)10-8-25)31(38)21-42-29-15-17-30(18-16-29)43(40,41)36-28-13-11-27(34)12-14-28/h3-18,23,36H,19-21H2,1-2H3,(H,35,39). The quantitative estimate of drug-likeness (QED) is 0.231. The molecular formula is C32H31F2N3O5S. The van der Waals surface area contributed by atoms with Crippen LogP contribution >= 0.6 is 0 Å². The first-order valence-electron chi connectivity index (χ1n) is 13.4. The first-order valence-corrected chi connectivity index (χ1v) is 14.9. The Balaban J connectivity index is 1.41. The lowest BCUT2D eigenvalue weighted by Crippen LogP contribution is -2.48. The Kier molecular flexibility index (Phi) is 10.1. The molecule has 1 atom stereocenters. The van der Waals surface area contributed by atoms with E-state index in [1.54, 1.807) is 6.92 Å². The highest BCUT2D eigenvalue weighted by Gasteiger charge is 2.26. The SMILES string of the molecule is Cc1ccc(CNC(=O)C(C)N(Cc2ccc(F)cc2)C(=O)COc2ccc(S(=O)(=O)Nc3ccc(F)cc3)cc2)cc1. The summed E-state index contributed by atoms with van der Waals surface area (Å²) in [5.74, 6) is -1.57. The molecule has 0 aliphatic rings. The summed E-state index contributed by atoms with van der Waals surface area (Å²) in [5, 5.41) is 2.85. The van der Waals surface area contributed by atoms with Gasteiger partial charge in [-0.05, 0) is 85.6 Å². The Bertz CT molecular complexity index is 1650. The van der Waals surface area contributed by atoms with E-state index in [2.05, 4.69) is 10.0 Å². The van der Waals surface area contributed by atoms with E-state index in [9.17, 15) is 26.8 Å². The fraction of sp³-hybridized carbons (Fsp3) is 0.188. The Labute approximate surface area is 249 Å². The normalized spacial score (nSPS) is 11.8. The molecule has 43 heavy (non-hydrogen) atoms. The lowest BCUT2D eigenvalue weighted by molar-refractivity contribution is -0.142. The zero-order valence-corrected chi connectivity index (χ0v) is 24.4. The molecule has 0 fully saturated rings. The smallest absolute Gasteiger partial charge is 0.261 e. The molecule has 0 saturated carbocycles. The Morgan fingerprint density at radius 3 is 1.98 bits per heavy atom. The van der Waals surface area contributed by atoms with Crippen molar-refractivity contribution in [3.05, 3.63) is 125 Å². The van der Waals surface area contributed by atoms with Gasteiger partial charge in [-0.1, -0.05) is 42.0 Å². The summed E-state index contributed by atoms with van der Waals surface area (Å²) in [6, 6.07) is 22.7. The van der Waals surface area contributed by atoms with Crippen molar-refractivity contribution in [3.63, 3.8) is 0 Å². The maximum Gasteiger partial charge on any atom is 0.261 e. The van der Waals surface area contributed by atoms with Crippen LogP contribution in [-0.4, -0.2) is 37.8 Å². The zero-order chi connectivity index (χ0) is 31.0. The highest BCUT2D eigenvalue weighted by Crippen LogP contribution is 2.20. The van der Waals surface area contributed by atoms with Crippen molar-refractivity contribution < 1.29 is 31.5 Å². The minimum absolute atomic E-state index is 0.0355. The summed E-state index contributed by atoms with van der Waals surface area (Å²) in [6.07, 6.45) is 0. The van der Waals surface area contributed by atoms with E-state index in [1.807, 2.05) is 31.2 Å². The average Bonchev–Trinajstić information content (AvgIpc) is 3.00. The van der Waals surface area contributed by atoms with E-state index < -0.39 is 40.2 Å². The molecule has 0 heterocycles. The van der Waals surface area contributed by atoms with Crippen molar-refractivity contribution in [1.29, 1.82) is 0 Å². The number of carbonyl (C=O) groups excluding carboxylic acids is 2. The van der Waals surface area contributed by atoms with Crippen molar-refractivity contribution >= 4 is 27.5 Å². The lowest BCUT2D eigenvalue weighted by Gasteiger charge is -2.28. The van der Waals surface area contributed by atoms with Crippen molar-refractivity contribution in [1.82, 2.24) is 10.2 Å². The maximum atomic E-state index is 13.5. The molecule has 0 spiro atoms. The molecule has 4 aromatic carbocycles. The summed E-state index contributed by atoms with van der Waals surface area (Å²) < 4.78 is 60.0. The van der Waals surface area contributed by atoms with Gasteiger partial charge in [0.1, 0.15) is 23.4 Å². The van der Waals surface area contributed by atoms with Crippen molar-refractivity contribution in [3.8, 4) is 5.75 Å². The average molecular weight is 608 g/mol. The molecule has 2 N–H and O–H groups in total. The Morgan fingerprint density at radius 2 is 1.37 bits per heavy atom. The number of sulfonamides is 1. The van der Waals surface area contributed by atoms with Crippen molar-refractivity contribution in [2.75, 3.05) is 11.3 Å². The van der Waals surface area contributed by atoms with Crippen LogP contribution in [0, 0.1) is 18.6 Å². The van der Waals surface area contributed by atoms with Gasteiger partial charge in [-0.25, -0.2) is 17.2 Å². The number of halogens is 2. The zero-order valence-electron chi connectivity index (χ0n) is 23.6. The van der Waals surface area contributed by atoms with E-state index in [1.165, 1.54) is 65.6 Å². The van der Waals surface area contributed by atoms with Gasteiger partial charge in [0, 0.05) is 18.8 Å². The number of hydrogen-bond acceptors (Lipinski definition) is 5. The number of anilines is 1. The van der Waals surface area contributed by atoms with E-state index >= 15 is 0 Å². The number of hydrogen-bond donors (Lipinski definition) is 2. The highest BCUT2D eigenvalue weighted by atomic mass is 32.2. The van der Waals surface area contributed by atoms with Crippen LogP contribution in [0.2, 0.25) is 0 Å². The molecule has 8 nitrogen and oxygen atoms in total. The van der Waals surface area contributed by atoms with Gasteiger partial charge in [0.25, 0.3) is 15.9 Å². The molecule has 0 aliphatic heterocycles. The van der Waals surface area contributed by atoms with E-state index in [4.69, 9.17) is 4.74 Å². The molecule has 1 unspecified atom stereocenters. The minimum Gasteiger partial charge on any atom is -0.484 e. The van der Waals surface area contributed by atoms with Gasteiger partial charge in [0.05, 0.1) is 4.90 Å². The molecule has 224 valence electrons. The number of aryl methyl sites for hydroxylation is 1. The van der Waals surface area contributed by atoms with Crippen LogP contribution in [0.5, 0.6) is 5.75 Å². The van der Waals surface area contributed by atoms with Gasteiger partial charge in [-0.3, -0.25) is 14.3 Å². The van der Waals surface area contributed by atoms with Gasteiger partial charge < -0.3 is 15.0 Å². The van der Waals surface area contributed by atoms with Gasteiger partial charge in [0.15, 0.2) is 6.61 Å². The van der Waals surface area contributed by atoms with Crippen molar-refractivity contribution in [2.24, 2.45) is 0 Å². The van der Waals surface area contributed by atoms with E-state index in [0.717, 1.165) is 23.3 Å². The number of ether oxygens (including phenoxy) is 1. The second-order valence-corrected chi connectivity index (χ2v) is 11.6. The monoisotopic (exact) mass is 607 g/mol. The van der Waals surface area contributed by atoms with Crippen LogP contribution in [0.3, 0.4) is 0 Å². The van der Waals surface area contributed by atoms with Crippen LogP contribution < -0.4 is 14.8 Å². The fourth-order valence-electron chi connectivity index (χ4n) is 4.09. The van der Waals surface area contributed by atoms with E-state index in [-0.39, 0.29) is 35.3 Å². The molecule has 0 aliphatic carbocycles. The molecule has 0 bridgehead atoms. The number of amides is 2. The van der Waals surface area contributed by atoms with Crippen LogP contribution in [0.4, 0.5) is 14.5 Å². The predicted molar refractivity (Wildman–Crippen MR) is 159 cm³/mol. The summed E-state index contributed by atoms with van der Waals surface area (Å²) in [7, 11) is -3.95. The topological polar surface area (TPSA) is 105 Å². The number of benzene rings is 4. The van der Waals surface area contributed by atoms with Gasteiger partial charge in [-0.2, -0.15) is 0 Å². The summed E-state index contributed by atoms with van der Waals surface area (Å²) >= 11 is 0. The highest BCUT2D eigenvalue weighted by molar-refractivity contribution is 7.92. The number of rotatable bonds is 12. The second-order valence-electron chi connectivity index (χ2n) is 9.90. The predicted octanol–water partition coefficient (Wildman–Crippen LogP) is 5.19. The molecule has 4 aromatic rings. The molecule has 2 amide bonds. The lowest BCUT2D eigenvalue weighted by atomic mass is 10.1. The summed E-state index contributed by atoms with van der Waals surface area (Å²) in [4.78, 5) is 27.6. The first-order chi connectivity index (χ1) is 20.5. The molecule has 0 aromatic heterocycles. The minimum atomic E-state index is -3.95. The largest absolute Gasteiger partial charge is 0.484 e. The Morgan fingerprint density at radius 1 is 0.814 bits per heavy atom. The molecule has 0 saturated heterocycles. The number of nitrogens with one attached hydrogen (secondary N) is 2. The Hall–Kier alpha value is -4.77. The van der Waals surface area contributed by atoms with Crippen molar-refractivity contribution in [2.45, 2.75) is 37.9 Å². The maximum absolute atomic E-state index is 13.5. The third-order valence-electron chi connectivity index (χ3n) is 6.61. The molecule has 11 heteroatoms. The third kappa shape index (κ3) is 8.86. The van der Waals surface area contributed by atoms with E-state index in [0.29, 0.717) is 5.56 Å².